The van der Waals surface area contributed by atoms with Gasteiger partial charge < -0.3 is 15.1 Å². The fourth-order valence-electron chi connectivity index (χ4n) is 2.94. The van der Waals surface area contributed by atoms with Gasteiger partial charge in [0.05, 0.1) is 4.92 Å². The molecule has 1 aliphatic rings. The molecule has 1 fully saturated rings. The zero-order chi connectivity index (χ0) is 19.4. The molecule has 1 saturated heterocycles. The molecule has 0 radical (unpaired) electrons. The number of non-ortho nitro benzene ring substituents is 1. The topological polar surface area (TPSA) is 95.8 Å². The van der Waals surface area contributed by atoms with Gasteiger partial charge in [-0.3, -0.25) is 14.9 Å². The van der Waals surface area contributed by atoms with E-state index in [1.165, 1.54) is 31.2 Å². The lowest BCUT2D eigenvalue weighted by Gasteiger charge is -2.36. The van der Waals surface area contributed by atoms with E-state index in [1.807, 2.05) is 24.3 Å². The first-order chi connectivity index (χ1) is 12.9. The molecule has 0 bridgehead atoms. The molecule has 0 atom stereocenters. The average Bonchev–Trinajstić information content (AvgIpc) is 2.68. The van der Waals surface area contributed by atoms with E-state index in [0.29, 0.717) is 37.4 Å². The Kier molecular flexibility index (Phi) is 5.35. The van der Waals surface area contributed by atoms with Crippen LogP contribution in [0.3, 0.4) is 0 Å². The average molecular weight is 368 g/mol. The van der Waals surface area contributed by atoms with Crippen molar-refractivity contribution in [1.82, 2.24) is 4.90 Å². The zero-order valence-electron chi connectivity index (χ0n) is 14.9. The Labute approximate surface area is 156 Å². The highest BCUT2D eigenvalue weighted by Crippen LogP contribution is 2.19. The fourth-order valence-corrected chi connectivity index (χ4v) is 2.94. The van der Waals surface area contributed by atoms with Gasteiger partial charge >= 0.3 is 6.03 Å². The molecule has 27 heavy (non-hydrogen) atoms. The molecule has 1 heterocycles. The Morgan fingerprint density at radius 2 is 1.56 bits per heavy atom. The minimum atomic E-state index is -0.478. The summed E-state index contributed by atoms with van der Waals surface area (Å²) >= 11 is 0. The Bertz CT molecular complexity index is 841. The lowest BCUT2D eigenvalue weighted by atomic mass is 10.1. The molecular weight excluding hydrogens is 348 g/mol. The number of piperazine rings is 1. The van der Waals surface area contributed by atoms with Gasteiger partial charge in [-0.15, -0.1) is 0 Å². The first-order valence-corrected chi connectivity index (χ1v) is 8.60. The number of nitro groups is 1. The van der Waals surface area contributed by atoms with Crippen molar-refractivity contribution in [3.8, 4) is 0 Å². The number of urea groups is 1. The standard InChI is InChI=1S/C19H20N4O4/c1-14(24)15-2-6-17(7-3-15)21-10-12-22(13-11-21)19(25)20-16-4-8-18(9-5-16)23(26)27/h2-9H,10-13H2,1H3,(H,20,25). The quantitative estimate of drug-likeness (QED) is 0.508. The summed E-state index contributed by atoms with van der Waals surface area (Å²) in [7, 11) is 0. The number of hydrogen-bond acceptors (Lipinski definition) is 5. The van der Waals surface area contributed by atoms with Gasteiger partial charge in [0, 0.05) is 55.2 Å². The highest BCUT2D eigenvalue weighted by atomic mass is 16.6. The Balaban J connectivity index is 1.54. The number of carbonyl (C=O) groups is 2. The van der Waals surface area contributed by atoms with E-state index in [2.05, 4.69) is 10.2 Å². The SMILES string of the molecule is CC(=O)c1ccc(N2CCN(C(=O)Nc3ccc([N+](=O)[O-])cc3)CC2)cc1. The van der Waals surface area contributed by atoms with Gasteiger partial charge in [-0.05, 0) is 43.3 Å². The van der Waals surface area contributed by atoms with Crippen LogP contribution in [0.2, 0.25) is 0 Å². The molecule has 0 unspecified atom stereocenters. The third-order valence-electron chi connectivity index (χ3n) is 4.54. The van der Waals surface area contributed by atoms with E-state index < -0.39 is 4.92 Å². The second-order valence-corrected chi connectivity index (χ2v) is 6.31. The molecule has 2 aromatic carbocycles. The third kappa shape index (κ3) is 4.41. The summed E-state index contributed by atoms with van der Waals surface area (Å²) in [6.07, 6.45) is 0. The molecule has 3 rings (SSSR count). The van der Waals surface area contributed by atoms with Crippen LogP contribution >= 0.6 is 0 Å². The molecule has 2 aromatic rings. The number of Topliss-reactive ketones (excluding diaryl/α,β-unsaturated/α-hetero) is 1. The van der Waals surface area contributed by atoms with Crippen LogP contribution in [-0.4, -0.2) is 47.8 Å². The number of ketones is 1. The molecule has 0 aromatic heterocycles. The number of anilines is 2. The van der Waals surface area contributed by atoms with E-state index in [4.69, 9.17) is 0 Å². The van der Waals surface area contributed by atoms with Gasteiger partial charge in [-0.1, -0.05) is 0 Å². The predicted molar refractivity (Wildman–Crippen MR) is 102 cm³/mol. The number of carbonyl (C=O) groups excluding carboxylic acids is 2. The summed E-state index contributed by atoms with van der Waals surface area (Å²) in [5.41, 5.74) is 2.21. The highest BCUT2D eigenvalue weighted by Gasteiger charge is 2.21. The summed E-state index contributed by atoms with van der Waals surface area (Å²) in [5, 5.41) is 13.4. The number of nitrogens with zero attached hydrogens (tertiary/aromatic N) is 3. The molecule has 8 nitrogen and oxygen atoms in total. The number of nitro benzene ring substituents is 1. The Morgan fingerprint density at radius 3 is 2.07 bits per heavy atom. The molecule has 1 aliphatic heterocycles. The van der Waals surface area contributed by atoms with E-state index >= 15 is 0 Å². The van der Waals surface area contributed by atoms with Gasteiger partial charge in [-0.2, -0.15) is 0 Å². The van der Waals surface area contributed by atoms with Crippen LogP contribution in [0.4, 0.5) is 21.9 Å². The number of benzene rings is 2. The number of amides is 2. The lowest BCUT2D eigenvalue weighted by Crippen LogP contribution is -2.50. The lowest BCUT2D eigenvalue weighted by molar-refractivity contribution is -0.384. The van der Waals surface area contributed by atoms with Gasteiger partial charge in [0.1, 0.15) is 0 Å². The van der Waals surface area contributed by atoms with Crippen molar-refractivity contribution in [2.24, 2.45) is 0 Å². The van der Waals surface area contributed by atoms with Gasteiger partial charge in [0.2, 0.25) is 0 Å². The Morgan fingerprint density at radius 1 is 0.963 bits per heavy atom. The summed E-state index contributed by atoms with van der Waals surface area (Å²) in [4.78, 5) is 37.8. The van der Waals surface area contributed by atoms with Gasteiger partial charge in [0.15, 0.2) is 5.78 Å². The molecule has 2 amide bonds. The van der Waals surface area contributed by atoms with Crippen molar-refractivity contribution < 1.29 is 14.5 Å². The van der Waals surface area contributed by atoms with Crippen LogP contribution in [0.25, 0.3) is 0 Å². The van der Waals surface area contributed by atoms with Crippen molar-refractivity contribution in [2.45, 2.75) is 6.92 Å². The van der Waals surface area contributed by atoms with Crippen LogP contribution in [-0.2, 0) is 0 Å². The van der Waals surface area contributed by atoms with E-state index in [1.54, 1.807) is 4.90 Å². The maximum atomic E-state index is 12.4. The minimum Gasteiger partial charge on any atom is -0.368 e. The predicted octanol–water partition coefficient (Wildman–Crippen LogP) is 3.15. The first kappa shape index (κ1) is 18.4. The number of rotatable bonds is 4. The van der Waals surface area contributed by atoms with Crippen molar-refractivity contribution in [3.63, 3.8) is 0 Å². The second-order valence-electron chi connectivity index (χ2n) is 6.31. The second kappa shape index (κ2) is 7.86. The molecule has 0 aliphatic carbocycles. The van der Waals surface area contributed by atoms with Crippen LogP contribution in [0.1, 0.15) is 17.3 Å². The van der Waals surface area contributed by atoms with Crippen LogP contribution in [0.5, 0.6) is 0 Å². The molecule has 1 N–H and O–H groups in total. The third-order valence-corrected chi connectivity index (χ3v) is 4.54. The van der Waals surface area contributed by atoms with Crippen LogP contribution in [0, 0.1) is 10.1 Å². The zero-order valence-corrected chi connectivity index (χ0v) is 14.9. The van der Waals surface area contributed by atoms with E-state index in [9.17, 15) is 19.7 Å². The van der Waals surface area contributed by atoms with E-state index in [-0.39, 0.29) is 17.5 Å². The highest BCUT2D eigenvalue weighted by molar-refractivity contribution is 5.94. The smallest absolute Gasteiger partial charge is 0.321 e. The fraction of sp³-hybridized carbons (Fsp3) is 0.263. The maximum Gasteiger partial charge on any atom is 0.321 e. The molecule has 0 saturated carbocycles. The molecular formula is C19H20N4O4. The molecule has 140 valence electrons. The van der Waals surface area contributed by atoms with Crippen LogP contribution in [0.15, 0.2) is 48.5 Å². The Hall–Kier alpha value is -3.42. The summed E-state index contributed by atoms with van der Waals surface area (Å²) in [5.74, 6) is 0.0364. The molecule has 0 spiro atoms. The molecule has 8 heteroatoms. The number of nitrogens with one attached hydrogen (secondary N) is 1. The summed E-state index contributed by atoms with van der Waals surface area (Å²) in [6.45, 7) is 4.04. The van der Waals surface area contributed by atoms with E-state index in [0.717, 1.165) is 5.69 Å². The minimum absolute atomic E-state index is 0.0163. The van der Waals surface area contributed by atoms with Gasteiger partial charge in [0.25, 0.3) is 5.69 Å². The normalized spacial score (nSPS) is 14.0. The summed E-state index contributed by atoms with van der Waals surface area (Å²) in [6, 6.07) is 13.0. The van der Waals surface area contributed by atoms with Crippen molar-refractivity contribution >= 4 is 28.9 Å². The first-order valence-electron chi connectivity index (χ1n) is 8.60. The van der Waals surface area contributed by atoms with Crippen molar-refractivity contribution in [2.75, 3.05) is 36.4 Å². The monoisotopic (exact) mass is 368 g/mol. The van der Waals surface area contributed by atoms with Crippen molar-refractivity contribution in [3.05, 3.63) is 64.2 Å². The number of hydrogen-bond donors (Lipinski definition) is 1. The summed E-state index contributed by atoms with van der Waals surface area (Å²) < 4.78 is 0. The maximum absolute atomic E-state index is 12.4. The van der Waals surface area contributed by atoms with Gasteiger partial charge in [-0.25, -0.2) is 4.79 Å². The van der Waals surface area contributed by atoms with Crippen LogP contribution < -0.4 is 10.2 Å². The van der Waals surface area contributed by atoms with Crippen molar-refractivity contribution in [1.29, 1.82) is 0 Å². The largest absolute Gasteiger partial charge is 0.368 e.